The van der Waals surface area contributed by atoms with Gasteiger partial charge >= 0.3 is 0 Å². The summed E-state index contributed by atoms with van der Waals surface area (Å²) >= 11 is 0. The highest BCUT2D eigenvalue weighted by Gasteiger charge is 2.29. The number of carbonyl (C=O) groups is 1. The molecule has 1 fully saturated rings. The van der Waals surface area contributed by atoms with Gasteiger partial charge in [0.25, 0.3) is 5.91 Å². The van der Waals surface area contributed by atoms with Crippen molar-refractivity contribution >= 4 is 5.91 Å². The largest absolute Gasteiger partial charge is 0.393 e. The van der Waals surface area contributed by atoms with Crippen molar-refractivity contribution in [2.75, 3.05) is 13.6 Å². The molecule has 1 aromatic carbocycles. The van der Waals surface area contributed by atoms with Crippen LogP contribution in [-0.2, 0) is 0 Å². The molecule has 1 aliphatic rings. The van der Waals surface area contributed by atoms with Crippen molar-refractivity contribution in [3.05, 3.63) is 35.4 Å². The third-order valence-electron chi connectivity index (χ3n) is 3.35. The first-order valence-corrected chi connectivity index (χ1v) is 6.06. The van der Waals surface area contributed by atoms with Gasteiger partial charge in [-0.05, 0) is 37.8 Å². The maximum Gasteiger partial charge on any atom is 0.253 e. The van der Waals surface area contributed by atoms with Gasteiger partial charge in [-0.1, -0.05) is 17.7 Å². The van der Waals surface area contributed by atoms with Crippen LogP contribution in [0.1, 0.15) is 28.8 Å². The fraction of sp³-hybridized carbons (Fsp3) is 0.500. The van der Waals surface area contributed by atoms with Gasteiger partial charge in [0.15, 0.2) is 0 Å². The van der Waals surface area contributed by atoms with Crippen molar-refractivity contribution in [3.63, 3.8) is 0 Å². The summed E-state index contributed by atoms with van der Waals surface area (Å²) in [4.78, 5) is 13.9. The van der Waals surface area contributed by atoms with E-state index in [1.54, 1.807) is 4.90 Å². The lowest BCUT2D eigenvalue weighted by Crippen LogP contribution is -2.39. The van der Waals surface area contributed by atoms with Crippen LogP contribution in [0.5, 0.6) is 0 Å². The van der Waals surface area contributed by atoms with Gasteiger partial charge in [-0.25, -0.2) is 0 Å². The Morgan fingerprint density at radius 1 is 1.47 bits per heavy atom. The molecule has 0 saturated heterocycles. The van der Waals surface area contributed by atoms with Gasteiger partial charge in [-0.15, -0.1) is 0 Å². The molecule has 1 N–H and O–H groups in total. The lowest BCUT2D eigenvalue weighted by atomic mass is 9.82. The lowest BCUT2D eigenvalue weighted by Gasteiger charge is -2.34. The van der Waals surface area contributed by atoms with Gasteiger partial charge in [0.2, 0.25) is 0 Å². The van der Waals surface area contributed by atoms with E-state index in [0.717, 1.165) is 30.5 Å². The molecule has 3 heteroatoms. The summed E-state index contributed by atoms with van der Waals surface area (Å²) in [6, 6.07) is 7.65. The van der Waals surface area contributed by atoms with Crippen LogP contribution in [0.25, 0.3) is 0 Å². The van der Waals surface area contributed by atoms with Crippen LogP contribution in [0.15, 0.2) is 24.3 Å². The summed E-state index contributed by atoms with van der Waals surface area (Å²) in [5.41, 5.74) is 1.84. The van der Waals surface area contributed by atoms with Crippen LogP contribution in [0.4, 0.5) is 0 Å². The van der Waals surface area contributed by atoms with Gasteiger partial charge in [0.1, 0.15) is 0 Å². The standard InChI is InChI=1S/C14H19NO2/c1-10-4-3-5-12(6-10)14(17)15(2)9-11-7-13(16)8-11/h3-6,11,13,16H,7-9H2,1-2H3. The first-order valence-electron chi connectivity index (χ1n) is 6.06. The number of aryl methyl sites for hydroxylation is 1. The van der Waals surface area contributed by atoms with Crippen LogP contribution in [-0.4, -0.2) is 35.6 Å². The number of hydrogen-bond acceptors (Lipinski definition) is 2. The zero-order valence-electron chi connectivity index (χ0n) is 10.4. The van der Waals surface area contributed by atoms with Gasteiger partial charge in [0, 0.05) is 19.2 Å². The maximum absolute atomic E-state index is 12.1. The molecule has 0 atom stereocenters. The molecular formula is C14H19NO2. The summed E-state index contributed by atoms with van der Waals surface area (Å²) in [6.45, 7) is 2.73. The molecule has 0 heterocycles. The number of rotatable bonds is 3. The van der Waals surface area contributed by atoms with Crippen LogP contribution >= 0.6 is 0 Å². The second-order valence-corrected chi connectivity index (χ2v) is 5.05. The zero-order valence-corrected chi connectivity index (χ0v) is 10.4. The lowest BCUT2D eigenvalue weighted by molar-refractivity contribution is 0.0265. The molecule has 1 saturated carbocycles. The number of carbonyl (C=O) groups excluding carboxylic acids is 1. The molecule has 1 amide bonds. The normalized spacial score (nSPS) is 23.0. The van der Waals surface area contributed by atoms with E-state index in [1.165, 1.54) is 0 Å². The fourth-order valence-electron chi connectivity index (χ4n) is 2.32. The molecule has 1 aromatic rings. The monoisotopic (exact) mass is 233 g/mol. The predicted molar refractivity (Wildman–Crippen MR) is 66.9 cm³/mol. The van der Waals surface area contributed by atoms with Gasteiger partial charge in [0.05, 0.1) is 6.10 Å². The second-order valence-electron chi connectivity index (χ2n) is 5.05. The molecule has 3 nitrogen and oxygen atoms in total. The van der Waals surface area contributed by atoms with Crippen molar-refractivity contribution in [1.29, 1.82) is 0 Å². The molecule has 0 unspecified atom stereocenters. The SMILES string of the molecule is Cc1cccc(C(=O)N(C)CC2CC(O)C2)c1. The summed E-state index contributed by atoms with van der Waals surface area (Å²) in [6.07, 6.45) is 1.50. The highest BCUT2D eigenvalue weighted by atomic mass is 16.3. The van der Waals surface area contributed by atoms with Gasteiger partial charge < -0.3 is 10.0 Å². The Kier molecular flexibility index (Phi) is 3.48. The topological polar surface area (TPSA) is 40.5 Å². The molecular weight excluding hydrogens is 214 g/mol. The van der Waals surface area contributed by atoms with Crippen molar-refractivity contribution in [1.82, 2.24) is 4.90 Å². The zero-order chi connectivity index (χ0) is 12.4. The van der Waals surface area contributed by atoms with E-state index in [-0.39, 0.29) is 12.0 Å². The minimum atomic E-state index is -0.150. The van der Waals surface area contributed by atoms with E-state index in [2.05, 4.69) is 0 Å². The smallest absolute Gasteiger partial charge is 0.253 e. The average Bonchev–Trinajstić information content (AvgIpc) is 2.26. The van der Waals surface area contributed by atoms with E-state index < -0.39 is 0 Å². The number of hydrogen-bond donors (Lipinski definition) is 1. The second kappa shape index (κ2) is 4.88. The highest BCUT2D eigenvalue weighted by molar-refractivity contribution is 5.94. The first-order chi connectivity index (χ1) is 8.06. The quantitative estimate of drug-likeness (QED) is 0.865. The molecule has 0 radical (unpaired) electrons. The fourth-order valence-corrected chi connectivity index (χ4v) is 2.32. The highest BCUT2D eigenvalue weighted by Crippen LogP contribution is 2.27. The molecule has 2 rings (SSSR count). The van der Waals surface area contributed by atoms with Crippen LogP contribution in [0.2, 0.25) is 0 Å². The Hall–Kier alpha value is -1.35. The van der Waals surface area contributed by atoms with Crippen molar-refractivity contribution in [2.24, 2.45) is 5.92 Å². The average molecular weight is 233 g/mol. The number of aliphatic hydroxyl groups excluding tert-OH is 1. The van der Waals surface area contributed by atoms with E-state index in [9.17, 15) is 9.90 Å². The Bertz CT molecular complexity index is 410. The van der Waals surface area contributed by atoms with E-state index in [4.69, 9.17) is 0 Å². The summed E-state index contributed by atoms with van der Waals surface area (Å²) in [5, 5.41) is 9.22. The molecule has 17 heavy (non-hydrogen) atoms. The summed E-state index contributed by atoms with van der Waals surface area (Å²) < 4.78 is 0. The Morgan fingerprint density at radius 2 is 2.18 bits per heavy atom. The number of aliphatic hydroxyl groups is 1. The van der Waals surface area contributed by atoms with Gasteiger partial charge in [-0.3, -0.25) is 4.79 Å². The Labute approximate surface area is 102 Å². The number of nitrogens with zero attached hydrogens (tertiary/aromatic N) is 1. The van der Waals surface area contributed by atoms with E-state index in [1.807, 2.05) is 38.2 Å². The van der Waals surface area contributed by atoms with Crippen LogP contribution in [0.3, 0.4) is 0 Å². The Morgan fingerprint density at radius 3 is 2.76 bits per heavy atom. The molecule has 1 aliphatic carbocycles. The Balaban J connectivity index is 1.95. The molecule has 0 aromatic heterocycles. The third-order valence-corrected chi connectivity index (χ3v) is 3.35. The number of benzene rings is 1. The maximum atomic E-state index is 12.1. The minimum absolute atomic E-state index is 0.0649. The summed E-state index contributed by atoms with van der Waals surface area (Å²) in [7, 11) is 1.83. The van der Waals surface area contributed by atoms with E-state index in [0.29, 0.717) is 5.92 Å². The van der Waals surface area contributed by atoms with E-state index >= 15 is 0 Å². The molecule has 0 spiro atoms. The summed E-state index contributed by atoms with van der Waals surface area (Å²) in [5.74, 6) is 0.527. The van der Waals surface area contributed by atoms with Gasteiger partial charge in [-0.2, -0.15) is 0 Å². The number of amides is 1. The molecule has 0 bridgehead atoms. The predicted octanol–water partition coefficient (Wildman–Crippen LogP) is 1.84. The van der Waals surface area contributed by atoms with Crippen molar-refractivity contribution < 1.29 is 9.90 Å². The molecule has 0 aliphatic heterocycles. The van der Waals surface area contributed by atoms with Crippen molar-refractivity contribution in [3.8, 4) is 0 Å². The molecule has 92 valence electrons. The van der Waals surface area contributed by atoms with Crippen molar-refractivity contribution in [2.45, 2.75) is 25.9 Å². The van der Waals surface area contributed by atoms with Crippen LogP contribution in [0, 0.1) is 12.8 Å². The van der Waals surface area contributed by atoms with Crippen LogP contribution < -0.4 is 0 Å². The minimum Gasteiger partial charge on any atom is -0.393 e. The first kappa shape index (κ1) is 12.1. The third kappa shape index (κ3) is 2.86.